The Balaban J connectivity index is 1.33. The smallest absolute Gasteiger partial charge is 0.255 e. The highest BCUT2D eigenvalue weighted by molar-refractivity contribution is 7.15. The summed E-state index contributed by atoms with van der Waals surface area (Å²) in [7, 11) is 0. The average molecular weight is 426 g/mol. The van der Waals surface area contributed by atoms with Gasteiger partial charge in [-0.05, 0) is 36.8 Å². The summed E-state index contributed by atoms with van der Waals surface area (Å²) in [5.74, 6) is -0.822. The van der Waals surface area contributed by atoms with Crippen molar-refractivity contribution in [2.75, 3.05) is 5.32 Å². The molecule has 3 heterocycles. The number of thiazole rings is 1. The molecule has 1 saturated heterocycles. The highest BCUT2D eigenvalue weighted by Gasteiger charge is 2.39. The third-order valence-electron chi connectivity index (χ3n) is 6.05. The summed E-state index contributed by atoms with van der Waals surface area (Å²) in [5.41, 5.74) is 9.64. The molecule has 156 valence electrons. The number of imide groups is 1. The Kier molecular flexibility index (Phi) is 4.79. The fraction of sp³-hybridized carbons (Fsp3) is 0.429. The number of carbonyl (C=O) groups is 3. The van der Waals surface area contributed by atoms with Crippen molar-refractivity contribution in [3.8, 4) is 0 Å². The van der Waals surface area contributed by atoms with Crippen LogP contribution in [0.1, 0.15) is 51.3 Å². The Morgan fingerprint density at radius 1 is 1.23 bits per heavy atom. The second-order valence-electron chi connectivity index (χ2n) is 8.10. The average Bonchev–Trinajstić information content (AvgIpc) is 3.27. The van der Waals surface area contributed by atoms with Crippen LogP contribution in [-0.2, 0) is 35.5 Å². The predicted molar refractivity (Wildman–Crippen MR) is 112 cm³/mol. The van der Waals surface area contributed by atoms with Gasteiger partial charge in [-0.15, -0.1) is 11.3 Å². The molecular formula is C21H23N5O3S. The molecule has 1 aromatic carbocycles. The molecule has 0 spiro atoms. The van der Waals surface area contributed by atoms with Gasteiger partial charge in [-0.1, -0.05) is 18.2 Å². The molecule has 1 aromatic heterocycles. The number of anilines is 1. The highest BCUT2D eigenvalue weighted by Crippen LogP contribution is 2.32. The monoisotopic (exact) mass is 425 g/mol. The maximum Gasteiger partial charge on any atom is 0.255 e. The fourth-order valence-corrected chi connectivity index (χ4v) is 5.58. The molecule has 0 saturated carbocycles. The number of nitrogens with zero attached hydrogens (tertiary/aromatic N) is 2. The number of rotatable bonds is 4. The first-order chi connectivity index (χ1) is 14.5. The molecule has 0 bridgehead atoms. The van der Waals surface area contributed by atoms with Crippen LogP contribution in [0.4, 0.5) is 5.13 Å². The van der Waals surface area contributed by atoms with E-state index in [1.54, 1.807) is 16.2 Å². The van der Waals surface area contributed by atoms with Crippen molar-refractivity contribution in [2.24, 2.45) is 5.73 Å². The number of piperidine rings is 1. The van der Waals surface area contributed by atoms with Crippen LogP contribution in [0.3, 0.4) is 0 Å². The van der Waals surface area contributed by atoms with Crippen LogP contribution in [0.2, 0.25) is 0 Å². The highest BCUT2D eigenvalue weighted by atomic mass is 32.1. The topological polar surface area (TPSA) is 117 Å². The number of hydrogen-bond acceptors (Lipinski definition) is 7. The van der Waals surface area contributed by atoms with Crippen molar-refractivity contribution >= 4 is 34.2 Å². The van der Waals surface area contributed by atoms with Crippen molar-refractivity contribution < 1.29 is 14.4 Å². The Morgan fingerprint density at radius 3 is 2.93 bits per heavy atom. The van der Waals surface area contributed by atoms with Gasteiger partial charge in [0.25, 0.3) is 5.91 Å². The zero-order chi connectivity index (χ0) is 20.8. The van der Waals surface area contributed by atoms with Gasteiger partial charge < -0.3 is 16.0 Å². The second-order valence-corrected chi connectivity index (χ2v) is 9.18. The number of hydrogen-bond donors (Lipinski definition) is 3. The van der Waals surface area contributed by atoms with Gasteiger partial charge in [0.05, 0.1) is 5.69 Å². The predicted octanol–water partition coefficient (Wildman–Crippen LogP) is 1.33. The molecule has 30 heavy (non-hydrogen) atoms. The summed E-state index contributed by atoms with van der Waals surface area (Å²) >= 11 is 1.63. The minimum absolute atomic E-state index is 0.152. The first-order valence-corrected chi connectivity index (χ1v) is 11.0. The van der Waals surface area contributed by atoms with Gasteiger partial charge in [0.1, 0.15) is 6.04 Å². The number of nitrogens with one attached hydrogen (secondary N) is 2. The molecule has 1 aliphatic carbocycles. The number of amides is 3. The van der Waals surface area contributed by atoms with Crippen LogP contribution in [0, 0.1) is 0 Å². The van der Waals surface area contributed by atoms with E-state index >= 15 is 0 Å². The first-order valence-electron chi connectivity index (χ1n) is 10.2. The van der Waals surface area contributed by atoms with Gasteiger partial charge >= 0.3 is 0 Å². The van der Waals surface area contributed by atoms with E-state index in [0.717, 1.165) is 41.2 Å². The quantitative estimate of drug-likeness (QED) is 0.636. The van der Waals surface area contributed by atoms with Gasteiger partial charge in [-0.25, -0.2) is 4.98 Å². The van der Waals surface area contributed by atoms with Crippen LogP contribution in [0.25, 0.3) is 0 Å². The molecule has 2 atom stereocenters. The van der Waals surface area contributed by atoms with E-state index in [1.807, 2.05) is 18.2 Å². The van der Waals surface area contributed by atoms with E-state index in [9.17, 15) is 14.4 Å². The Hall–Kier alpha value is -2.78. The summed E-state index contributed by atoms with van der Waals surface area (Å²) in [6.45, 7) is 0.869. The van der Waals surface area contributed by atoms with Crippen molar-refractivity contribution in [3.63, 3.8) is 0 Å². The SMILES string of the molecule is N[C@@H]1CCc2nc(NCc3cccc4c3C(=O)N(C3CCC(=O)NC3=O)C4)sc2C1. The van der Waals surface area contributed by atoms with Gasteiger partial charge in [-0.3, -0.25) is 19.7 Å². The number of carbonyl (C=O) groups excluding carboxylic acids is 3. The van der Waals surface area contributed by atoms with Gasteiger partial charge in [-0.2, -0.15) is 0 Å². The molecule has 3 amide bonds. The van der Waals surface area contributed by atoms with Crippen molar-refractivity contribution in [1.82, 2.24) is 15.2 Å². The lowest BCUT2D eigenvalue weighted by Gasteiger charge is -2.29. The molecule has 2 aliphatic heterocycles. The summed E-state index contributed by atoms with van der Waals surface area (Å²) in [5, 5.41) is 6.55. The van der Waals surface area contributed by atoms with Crippen LogP contribution >= 0.6 is 11.3 Å². The number of nitrogens with two attached hydrogens (primary N) is 1. The summed E-state index contributed by atoms with van der Waals surface area (Å²) in [4.78, 5) is 44.4. The van der Waals surface area contributed by atoms with Crippen LogP contribution in [-0.4, -0.2) is 39.7 Å². The second kappa shape index (κ2) is 7.48. The van der Waals surface area contributed by atoms with E-state index in [2.05, 4.69) is 15.6 Å². The molecule has 9 heteroatoms. The van der Waals surface area contributed by atoms with E-state index in [1.165, 1.54) is 4.88 Å². The molecule has 4 N–H and O–H groups in total. The van der Waals surface area contributed by atoms with Gasteiger partial charge in [0.2, 0.25) is 11.8 Å². The lowest BCUT2D eigenvalue weighted by molar-refractivity contribution is -0.136. The van der Waals surface area contributed by atoms with Crippen molar-refractivity contribution in [2.45, 2.75) is 57.3 Å². The van der Waals surface area contributed by atoms with E-state index in [0.29, 0.717) is 25.1 Å². The lowest BCUT2D eigenvalue weighted by Crippen LogP contribution is -2.52. The minimum Gasteiger partial charge on any atom is -0.357 e. The molecule has 1 fully saturated rings. The maximum absolute atomic E-state index is 13.2. The summed E-state index contributed by atoms with van der Waals surface area (Å²) in [6, 6.07) is 5.40. The first kappa shape index (κ1) is 19.2. The number of fused-ring (bicyclic) bond motifs is 2. The van der Waals surface area contributed by atoms with Crippen molar-refractivity contribution in [1.29, 1.82) is 0 Å². The standard InChI is InChI=1S/C21H23N5O3S/c22-13-4-5-14-16(8-13)30-21(24-14)23-9-11-2-1-3-12-10-26(20(29)18(11)12)15-6-7-17(27)25-19(15)28/h1-3,13,15H,4-10,22H2,(H,23,24)(H,25,27,28)/t13-,15?/m1/s1. The van der Waals surface area contributed by atoms with Crippen LogP contribution < -0.4 is 16.4 Å². The third-order valence-corrected chi connectivity index (χ3v) is 7.12. The summed E-state index contributed by atoms with van der Waals surface area (Å²) < 4.78 is 0. The van der Waals surface area contributed by atoms with Gasteiger partial charge in [0, 0.05) is 36.0 Å². The minimum atomic E-state index is -0.599. The maximum atomic E-state index is 13.2. The fourth-order valence-electron chi connectivity index (χ4n) is 4.48. The Bertz CT molecular complexity index is 1050. The zero-order valence-corrected chi connectivity index (χ0v) is 17.3. The van der Waals surface area contributed by atoms with E-state index in [-0.39, 0.29) is 24.3 Å². The molecule has 5 rings (SSSR count). The van der Waals surface area contributed by atoms with E-state index in [4.69, 9.17) is 5.73 Å². The molecule has 8 nitrogen and oxygen atoms in total. The molecule has 3 aliphatic rings. The van der Waals surface area contributed by atoms with Crippen molar-refractivity contribution in [3.05, 3.63) is 45.5 Å². The lowest BCUT2D eigenvalue weighted by atomic mass is 9.99. The molecule has 0 radical (unpaired) electrons. The van der Waals surface area contributed by atoms with Gasteiger partial charge in [0.15, 0.2) is 5.13 Å². The molecule has 1 unspecified atom stereocenters. The van der Waals surface area contributed by atoms with Crippen LogP contribution in [0.5, 0.6) is 0 Å². The number of aryl methyl sites for hydroxylation is 1. The normalized spacial score (nSPS) is 23.2. The zero-order valence-electron chi connectivity index (χ0n) is 16.4. The van der Waals surface area contributed by atoms with Crippen LogP contribution in [0.15, 0.2) is 18.2 Å². The molecule has 2 aromatic rings. The molecular weight excluding hydrogens is 402 g/mol. The Morgan fingerprint density at radius 2 is 2.10 bits per heavy atom. The largest absolute Gasteiger partial charge is 0.357 e. The summed E-state index contributed by atoms with van der Waals surface area (Å²) in [6.07, 6.45) is 3.37. The number of aromatic nitrogens is 1. The number of benzene rings is 1. The Labute approximate surface area is 177 Å². The third kappa shape index (κ3) is 3.37. The van der Waals surface area contributed by atoms with E-state index < -0.39 is 11.9 Å².